The molecular formula is C23H24O. The van der Waals surface area contributed by atoms with Crippen LogP contribution in [0.4, 0.5) is 0 Å². The molecule has 1 unspecified atom stereocenters. The highest BCUT2D eigenvalue weighted by atomic mass is 16.3. The molecule has 0 fully saturated rings. The Bertz CT molecular complexity index is 819. The minimum absolute atomic E-state index is 0.169. The van der Waals surface area contributed by atoms with Crippen LogP contribution in [0.1, 0.15) is 44.9 Å². The molecule has 0 aromatic heterocycles. The van der Waals surface area contributed by atoms with E-state index in [-0.39, 0.29) is 5.92 Å². The van der Waals surface area contributed by atoms with Gasteiger partial charge in [-0.2, -0.15) is 0 Å². The molecule has 0 amide bonds. The van der Waals surface area contributed by atoms with Crippen LogP contribution in [0, 0.1) is 27.7 Å². The van der Waals surface area contributed by atoms with E-state index in [1.165, 1.54) is 27.8 Å². The highest BCUT2D eigenvalue weighted by molar-refractivity contribution is 5.50. The second kappa shape index (κ2) is 6.52. The Kier molecular flexibility index (Phi) is 4.44. The number of aromatic hydroxyl groups is 1. The maximum atomic E-state index is 10.1. The Morgan fingerprint density at radius 2 is 1.12 bits per heavy atom. The van der Waals surface area contributed by atoms with Crippen molar-refractivity contribution in [3.05, 3.63) is 99.6 Å². The predicted octanol–water partition coefficient (Wildman–Crippen LogP) is 5.81. The Labute approximate surface area is 144 Å². The smallest absolute Gasteiger partial charge is 0.121 e. The Hall–Kier alpha value is -2.54. The first-order valence-electron chi connectivity index (χ1n) is 8.39. The van der Waals surface area contributed by atoms with Crippen molar-refractivity contribution in [1.29, 1.82) is 0 Å². The summed E-state index contributed by atoms with van der Waals surface area (Å²) in [4.78, 5) is 0. The van der Waals surface area contributed by atoms with Crippen LogP contribution < -0.4 is 0 Å². The minimum atomic E-state index is 0.169. The van der Waals surface area contributed by atoms with E-state index in [1.807, 2.05) is 13.8 Å². The van der Waals surface area contributed by atoms with E-state index in [9.17, 15) is 5.11 Å². The molecule has 1 heteroatoms. The van der Waals surface area contributed by atoms with Crippen LogP contribution in [-0.2, 0) is 0 Å². The zero-order chi connectivity index (χ0) is 17.3. The summed E-state index contributed by atoms with van der Waals surface area (Å²) in [5, 5.41) is 10.1. The lowest BCUT2D eigenvalue weighted by atomic mass is 9.83. The van der Waals surface area contributed by atoms with Crippen LogP contribution in [-0.4, -0.2) is 5.11 Å². The number of benzene rings is 3. The Balaban J connectivity index is 2.23. The molecule has 0 radical (unpaired) electrons. The van der Waals surface area contributed by atoms with E-state index in [4.69, 9.17) is 0 Å². The van der Waals surface area contributed by atoms with Gasteiger partial charge in [0.25, 0.3) is 0 Å². The van der Waals surface area contributed by atoms with Crippen molar-refractivity contribution in [3.63, 3.8) is 0 Å². The van der Waals surface area contributed by atoms with Crippen molar-refractivity contribution in [3.8, 4) is 5.75 Å². The van der Waals surface area contributed by atoms with E-state index >= 15 is 0 Å². The first-order chi connectivity index (χ1) is 11.5. The number of hydrogen-bond donors (Lipinski definition) is 1. The van der Waals surface area contributed by atoms with Gasteiger partial charge in [0.2, 0.25) is 0 Å². The molecule has 24 heavy (non-hydrogen) atoms. The summed E-state index contributed by atoms with van der Waals surface area (Å²) in [6.45, 7) is 8.22. The zero-order valence-corrected chi connectivity index (χ0v) is 14.8. The average Bonchev–Trinajstić information content (AvgIpc) is 2.53. The molecule has 1 N–H and O–H groups in total. The third-order valence-corrected chi connectivity index (χ3v) is 4.56. The maximum Gasteiger partial charge on any atom is 0.121 e. The normalized spacial score (nSPS) is 12.2. The van der Waals surface area contributed by atoms with Crippen molar-refractivity contribution >= 4 is 0 Å². The highest BCUT2D eigenvalue weighted by Gasteiger charge is 2.19. The summed E-state index contributed by atoms with van der Waals surface area (Å²) in [6, 6.07) is 21.5. The molecule has 122 valence electrons. The summed E-state index contributed by atoms with van der Waals surface area (Å²) < 4.78 is 0. The predicted molar refractivity (Wildman–Crippen MR) is 101 cm³/mol. The van der Waals surface area contributed by atoms with Gasteiger partial charge in [0.1, 0.15) is 5.75 Å². The van der Waals surface area contributed by atoms with Gasteiger partial charge in [-0.05, 0) is 55.5 Å². The molecule has 0 aliphatic carbocycles. The third kappa shape index (κ3) is 3.21. The first-order valence-corrected chi connectivity index (χ1v) is 8.39. The molecule has 0 aliphatic rings. The van der Waals surface area contributed by atoms with E-state index in [0.29, 0.717) is 5.75 Å². The van der Waals surface area contributed by atoms with Gasteiger partial charge in [-0.15, -0.1) is 0 Å². The third-order valence-electron chi connectivity index (χ3n) is 4.56. The van der Waals surface area contributed by atoms with Crippen LogP contribution in [0.2, 0.25) is 0 Å². The van der Waals surface area contributed by atoms with Gasteiger partial charge in [-0.1, -0.05) is 71.8 Å². The fourth-order valence-electron chi connectivity index (χ4n) is 3.56. The van der Waals surface area contributed by atoms with E-state index in [0.717, 1.165) is 11.1 Å². The Morgan fingerprint density at radius 1 is 0.625 bits per heavy atom. The minimum Gasteiger partial charge on any atom is -0.507 e. The summed E-state index contributed by atoms with van der Waals surface area (Å²) in [5.41, 5.74) is 8.19. The topological polar surface area (TPSA) is 20.2 Å². The number of phenols is 1. The molecule has 1 atom stereocenters. The summed E-state index contributed by atoms with van der Waals surface area (Å²) in [6.07, 6.45) is 0. The molecule has 0 heterocycles. The molecular weight excluding hydrogens is 292 g/mol. The van der Waals surface area contributed by atoms with Crippen LogP contribution in [0.15, 0.2) is 60.7 Å². The molecule has 0 saturated heterocycles. The van der Waals surface area contributed by atoms with E-state index in [2.05, 4.69) is 74.5 Å². The van der Waals surface area contributed by atoms with Gasteiger partial charge in [-0.25, -0.2) is 0 Å². The molecule has 0 spiro atoms. The largest absolute Gasteiger partial charge is 0.507 e. The number of aryl methyl sites for hydroxylation is 4. The molecule has 0 bridgehead atoms. The van der Waals surface area contributed by atoms with Crippen LogP contribution in [0.25, 0.3) is 0 Å². The van der Waals surface area contributed by atoms with Crippen molar-refractivity contribution in [2.45, 2.75) is 33.6 Å². The average molecular weight is 316 g/mol. The van der Waals surface area contributed by atoms with E-state index < -0.39 is 0 Å². The Morgan fingerprint density at radius 3 is 1.67 bits per heavy atom. The zero-order valence-electron chi connectivity index (χ0n) is 14.8. The number of hydrogen-bond acceptors (Lipinski definition) is 1. The van der Waals surface area contributed by atoms with Crippen molar-refractivity contribution in [2.24, 2.45) is 0 Å². The summed E-state index contributed by atoms with van der Waals surface area (Å²) in [7, 11) is 0. The number of phenolic OH excluding ortho intramolecular Hbond substituents is 1. The van der Waals surface area contributed by atoms with Gasteiger partial charge in [-0.3, -0.25) is 0 Å². The van der Waals surface area contributed by atoms with Gasteiger partial charge in [0, 0.05) is 5.92 Å². The van der Waals surface area contributed by atoms with Gasteiger partial charge >= 0.3 is 0 Å². The van der Waals surface area contributed by atoms with Crippen LogP contribution in [0.5, 0.6) is 5.75 Å². The van der Waals surface area contributed by atoms with Crippen LogP contribution in [0.3, 0.4) is 0 Å². The number of rotatable bonds is 3. The van der Waals surface area contributed by atoms with Crippen molar-refractivity contribution in [1.82, 2.24) is 0 Å². The molecule has 3 aromatic carbocycles. The van der Waals surface area contributed by atoms with Gasteiger partial charge < -0.3 is 5.11 Å². The fraction of sp³-hybridized carbons (Fsp3) is 0.217. The quantitative estimate of drug-likeness (QED) is 0.605. The monoisotopic (exact) mass is 316 g/mol. The van der Waals surface area contributed by atoms with Gasteiger partial charge in [0.15, 0.2) is 0 Å². The SMILES string of the molecule is Cc1cc(C)cc(C(c2ccccc2)c2cc(C)c(O)c(C)c2)c1. The fourth-order valence-corrected chi connectivity index (χ4v) is 3.56. The highest BCUT2D eigenvalue weighted by Crippen LogP contribution is 2.36. The molecule has 3 rings (SSSR count). The lowest BCUT2D eigenvalue weighted by molar-refractivity contribution is 0.466. The van der Waals surface area contributed by atoms with Crippen molar-refractivity contribution in [2.75, 3.05) is 0 Å². The molecule has 0 aliphatic heterocycles. The summed E-state index contributed by atoms with van der Waals surface area (Å²) >= 11 is 0. The first kappa shape index (κ1) is 16.3. The molecule has 0 saturated carbocycles. The molecule has 3 aromatic rings. The lowest BCUT2D eigenvalue weighted by Crippen LogP contribution is -2.05. The van der Waals surface area contributed by atoms with Crippen molar-refractivity contribution < 1.29 is 5.11 Å². The van der Waals surface area contributed by atoms with E-state index in [1.54, 1.807) is 0 Å². The standard InChI is InChI=1S/C23H24O/c1-15-10-16(2)12-20(11-15)22(19-8-6-5-7-9-19)21-13-17(3)23(24)18(4)14-21/h5-14,22,24H,1-4H3. The maximum absolute atomic E-state index is 10.1. The van der Waals surface area contributed by atoms with Gasteiger partial charge in [0.05, 0.1) is 0 Å². The second-order valence-electron chi connectivity index (χ2n) is 6.77. The lowest BCUT2D eigenvalue weighted by Gasteiger charge is -2.21. The van der Waals surface area contributed by atoms with Crippen LogP contribution >= 0.6 is 0 Å². The summed E-state index contributed by atoms with van der Waals surface area (Å²) in [5.74, 6) is 0.564. The second-order valence-corrected chi connectivity index (χ2v) is 6.77. The molecule has 1 nitrogen and oxygen atoms in total.